The summed E-state index contributed by atoms with van der Waals surface area (Å²) in [7, 11) is 6.84. The van der Waals surface area contributed by atoms with E-state index >= 15 is 0 Å². The molecule has 0 aliphatic carbocycles. The molecule has 2 aromatic heterocycles. The summed E-state index contributed by atoms with van der Waals surface area (Å²) in [6.45, 7) is 0. The Balaban J connectivity index is 1.89. The first kappa shape index (κ1) is 18.6. The number of rotatable bonds is 3. The summed E-state index contributed by atoms with van der Waals surface area (Å²) in [5, 5.41) is 3.78. The third-order valence-corrected chi connectivity index (χ3v) is 5.00. The fourth-order valence-corrected chi connectivity index (χ4v) is 3.57. The van der Waals surface area contributed by atoms with Gasteiger partial charge in [0.15, 0.2) is 0 Å². The molecule has 4 rings (SSSR count). The number of fused-ring (bicyclic) bond motifs is 3. The number of aromatic nitrogens is 2. The van der Waals surface area contributed by atoms with Crippen molar-refractivity contribution >= 4 is 39.6 Å². The molecule has 0 aliphatic rings. The van der Waals surface area contributed by atoms with Gasteiger partial charge >= 0.3 is 6.03 Å². The number of anilines is 1. The van der Waals surface area contributed by atoms with Crippen molar-refractivity contribution in [3.8, 4) is 5.75 Å². The number of hydrogen-bond acceptors (Lipinski definition) is 3. The summed E-state index contributed by atoms with van der Waals surface area (Å²) in [6, 6.07) is 16.4. The molecule has 0 aliphatic heterocycles. The highest BCUT2D eigenvalue weighted by Crippen LogP contribution is 2.31. The molecule has 0 fully saturated rings. The molecule has 0 saturated carbocycles. The average Bonchev–Trinajstić information content (AvgIpc) is 3.24. The van der Waals surface area contributed by atoms with E-state index in [-0.39, 0.29) is 17.6 Å². The molecule has 0 saturated heterocycles. The van der Waals surface area contributed by atoms with Crippen LogP contribution < -0.4 is 10.1 Å². The lowest BCUT2D eigenvalue weighted by Gasteiger charge is -2.15. The molecule has 4 aromatic rings. The Morgan fingerprint density at radius 2 is 1.76 bits per heavy atom. The van der Waals surface area contributed by atoms with E-state index in [4.69, 9.17) is 4.74 Å². The zero-order valence-corrected chi connectivity index (χ0v) is 16.8. The molecular formula is C22H22N4O3. The fourth-order valence-electron chi connectivity index (χ4n) is 3.57. The second-order valence-electron chi connectivity index (χ2n) is 7.04. The predicted octanol–water partition coefficient (Wildman–Crippen LogP) is 3.92. The first-order chi connectivity index (χ1) is 13.9. The van der Waals surface area contributed by atoms with Gasteiger partial charge in [0.25, 0.3) is 5.91 Å². The van der Waals surface area contributed by atoms with Crippen LogP contribution in [-0.4, -0.2) is 47.2 Å². The predicted molar refractivity (Wildman–Crippen MR) is 114 cm³/mol. The van der Waals surface area contributed by atoms with Gasteiger partial charge in [-0.25, -0.2) is 4.79 Å². The Hall–Kier alpha value is -3.74. The number of carbonyl (C=O) groups is 2. The Morgan fingerprint density at radius 3 is 2.48 bits per heavy atom. The molecule has 0 bridgehead atoms. The second-order valence-corrected chi connectivity index (χ2v) is 7.04. The van der Waals surface area contributed by atoms with E-state index in [2.05, 4.69) is 5.32 Å². The standard InChI is InChI=1S/C22H22N4O3/c1-24(2)22(28)26-19(21(27)23-14-8-7-9-15(12-14)29-4)13-18-20(26)16-10-5-6-11-17(16)25(18)3/h5-13H,1-4H3,(H,23,27). The molecule has 0 spiro atoms. The van der Waals surface area contributed by atoms with Gasteiger partial charge in [0.05, 0.1) is 23.7 Å². The fraction of sp³-hybridized carbons (Fsp3) is 0.182. The lowest BCUT2D eigenvalue weighted by Crippen LogP contribution is -2.30. The topological polar surface area (TPSA) is 68.5 Å². The van der Waals surface area contributed by atoms with Crippen molar-refractivity contribution < 1.29 is 14.3 Å². The highest BCUT2D eigenvalue weighted by Gasteiger charge is 2.25. The number of nitrogens with zero attached hydrogens (tertiary/aromatic N) is 3. The number of nitrogens with one attached hydrogen (secondary N) is 1. The van der Waals surface area contributed by atoms with Crippen LogP contribution in [0.15, 0.2) is 54.6 Å². The van der Waals surface area contributed by atoms with Gasteiger partial charge in [-0.05, 0) is 24.3 Å². The minimum absolute atomic E-state index is 0.276. The molecule has 148 valence electrons. The number of methoxy groups -OCH3 is 1. The van der Waals surface area contributed by atoms with E-state index in [1.54, 1.807) is 51.5 Å². The summed E-state index contributed by atoms with van der Waals surface area (Å²) in [4.78, 5) is 27.6. The Morgan fingerprint density at radius 1 is 1.00 bits per heavy atom. The van der Waals surface area contributed by atoms with Gasteiger partial charge in [0.2, 0.25) is 0 Å². The maximum Gasteiger partial charge on any atom is 0.328 e. The summed E-state index contributed by atoms with van der Waals surface area (Å²) in [5.74, 6) is 0.271. The molecule has 7 nitrogen and oxygen atoms in total. The number of aryl methyl sites for hydroxylation is 1. The van der Waals surface area contributed by atoms with Gasteiger partial charge in [-0.15, -0.1) is 0 Å². The maximum absolute atomic E-state index is 13.1. The van der Waals surface area contributed by atoms with E-state index in [0.717, 1.165) is 21.9 Å². The maximum atomic E-state index is 13.1. The van der Waals surface area contributed by atoms with Crippen molar-refractivity contribution in [3.05, 3.63) is 60.3 Å². The summed E-state index contributed by atoms with van der Waals surface area (Å²) in [5.41, 5.74) is 3.40. The van der Waals surface area contributed by atoms with E-state index in [1.807, 2.05) is 35.9 Å². The Kier molecular flexibility index (Phi) is 4.50. The number of ether oxygens (including phenoxy) is 1. The van der Waals surface area contributed by atoms with Crippen molar-refractivity contribution in [1.29, 1.82) is 0 Å². The molecule has 2 heterocycles. The van der Waals surface area contributed by atoms with E-state index in [0.29, 0.717) is 11.4 Å². The Bertz CT molecular complexity index is 1250. The first-order valence-electron chi connectivity index (χ1n) is 9.18. The molecule has 0 atom stereocenters. The van der Waals surface area contributed by atoms with Crippen LogP contribution in [0.3, 0.4) is 0 Å². The zero-order chi connectivity index (χ0) is 20.7. The highest BCUT2D eigenvalue weighted by atomic mass is 16.5. The SMILES string of the molecule is COc1cccc(NC(=O)c2cc3c(c4ccccc4n3C)n2C(=O)N(C)C)c1. The number of para-hydroxylation sites is 1. The van der Waals surface area contributed by atoms with Gasteiger partial charge in [0.1, 0.15) is 11.4 Å². The number of carbonyl (C=O) groups excluding carboxylic acids is 2. The van der Waals surface area contributed by atoms with Crippen LogP contribution in [0.25, 0.3) is 21.9 Å². The highest BCUT2D eigenvalue weighted by molar-refractivity contribution is 6.16. The Labute approximate surface area is 168 Å². The summed E-state index contributed by atoms with van der Waals surface area (Å²) in [6.07, 6.45) is 0. The lowest BCUT2D eigenvalue weighted by molar-refractivity contribution is 0.101. The summed E-state index contributed by atoms with van der Waals surface area (Å²) < 4.78 is 8.69. The number of hydrogen-bond donors (Lipinski definition) is 1. The van der Waals surface area contributed by atoms with Crippen LogP contribution in [0.1, 0.15) is 10.5 Å². The summed E-state index contributed by atoms with van der Waals surface area (Å²) >= 11 is 0. The van der Waals surface area contributed by atoms with Crippen molar-refractivity contribution in [2.45, 2.75) is 0 Å². The van der Waals surface area contributed by atoms with E-state index in [1.165, 1.54) is 9.47 Å². The first-order valence-corrected chi connectivity index (χ1v) is 9.18. The second kappa shape index (κ2) is 7.01. The van der Waals surface area contributed by atoms with E-state index in [9.17, 15) is 9.59 Å². The molecule has 0 radical (unpaired) electrons. The largest absolute Gasteiger partial charge is 0.497 e. The average molecular weight is 390 g/mol. The number of benzene rings is 2. The third kappa shape index (κ3) is 3.00. The van der Waals surface area contributed by atoms with Gasteiger partial charge < -0.3 is 19.5 Å². The van der Waals surface area contributed by atoms with Crippen LogP contribution in [0.5, 0.6) is 5.75 Å². The van der Waals surface area contributed by atoms with Gasteiger partial charge in [0, 0.05) is 38.3 Å². The monoisotopic (exact) mass is 390 g/mol. The van der Waals surface area contributed by atoms with E-state index < -0.39 is 0 Å². The van der Waals surface area contributed by atoms with Crippen molar-refractivity contribution in [2.24, 2.45) is 7.05 Å². The minimum atomic E-state index is -0.367. The molecule has 0 unspecified atom stereocenters. The van der Waals surface area contributed by atoms with Gasteiger partial charge in [-0.3, -0.25) is 9.36 Å². The lowest BCUT2D eigenvalue weighted by atomic mass is 10.2. The quantitative estimate of drug-likeness (QED) is 0.576. The normalized spacial score (nSPS) is 11.0. The molecule has 1 N–H and O–H groups in total. The third-order valence-electron chi connectivity index (χ3n) is 5.00. The minimum Gasteiger partial charge on any atom is -0.497 e. The molecule has 7 heteroatoms. The molecule has 2 amide bonds. The molecular weight excluding hydrogens is 368 g/mol. The van der Waals surface area contributed by atoms with Crippen LogP contribution >= 0.6 is 0 Å². The van der Waals surface area contributed by atoms with Crippen molar-refractivity contribution in [1.82, 2.24) is 14.0 Å². The van der Waals surface area contributed by atoms with Crippen LogP contribution in [0, 0.1) is 0 Å². The molecule has 2 aromatic carbocycles. The van der Waals surface area contributed by atoms with Gasteiger partial charge in [-0.2, -0.15) is 0 Å². The smallest absolute Gasteiger partial charge is 0.328 e. The van der Waals surface area contributed by atoms with Crippen LogP contribution in [0.2, 0.25) is 0 Å². The van der Waals surface area contributed by atoms with Crippen molar-refractivity contribution in [3.63, 3.8) is 0 Å². The van der Waals surface area contributed by atoms with Crippen LogP contribution in [0.4, 0.5) is 10.5 Å². The van der Waals surface area contributed by atoms with Crippen LogP contribution in [-0.2, 0) is 7.05 Å². The van der Waals surface area contributed by atoms with Gasteiger partial charge in [-0.1, -0.05) is 24.3 Å². The van der Waals surface area contributed by atoms with Crippen molar-refractivity contribution in [2.75, 3.05) is 26.5 Å². The molecule has 29 heavy (non-hydrogen) atoms. The number of amides is 2. The zero-order valence-electron chi connectivity index (χ0n) is 16.8.